The van der Waals surface area contributed by atoms with E-state index >= 15 is 0 Å². The molecule has 6 heteroatoms. The van der Waals surface area contributed by atoms with Gasteiger partial charge < -0.3 is 24.8 Å². The monoisotopic (exact) mass is 594 g/mol. The molecule has 143 valence electrons. The van der Waals surface area contributed by atoms with Crippen molar-refractivity contribution in [2.24, 2.45) is 0 Å². The van der Waals surface area contributed by atoms with Gasteiger partial charge in [0.25, 0.3) is 0 Å². The third kappa shape index (κ3) is 4.35. The minimum Gasteiger partial charge on any atom is -1.00 e. The van der Waals surface area contributed by atoms with E-state index in [0.717, 1.165) is 5.56 Å². The number of rotatable bonds is 4. The van der Waals surface area contributed by atoms with Gasteiger partial charge in [-0.05, 0) is 0 Å². The van der Waals surface area contributed by atoms with Crippen LogP contribution in [0.5, 0.6) is 0 Å². The third-order valence-corrected chi connectivity index (χ3v) is 29.9. The van der Waals surface area contributed by atoms with Crippen molar-refractivity contribution >= 4 is 11.9 Å². The van der Waals surface area contributed by atoms with Crippen LogP contribution in [0.3, 0.4) is 0 Å². The zero-order chi connectivity index (χ0) is 18.1. The van der Waals surface area contributed by atoms with E-state index in [1.54, 1.807) is 0 Å². The molecule has 0 saturated heterocycles. The van der Waals surface area contributed by atoms with Crippen LogP contribution in [0.2, 0.25) is 13.1 Å². The van der Waals surface area contributed by atoms with Crippen molar-refractivity contribution in [2.75, 3.05) is 0 Å². The Morgan fingerprint density at radius 1 is 0.786 bits per heavy atom. The second-order valence-electron chi connectivity index (χ2n) is 7.04. The standard InChI is InChI=1S/C13H9.C7H7NO.C2H7Si.2ClH.Hf/c1-3-7-12-10(5-1)9-11-6-2-4-8-13(11)12;8-7(9)6-4-2-1-3-5-6;1-3-2;;;/h1-9H;1-5H,(H2,8,9);3H,1-2H3;2*1H;/q;;;;;+3/p-3. The molecule has 0 saturated carbocycles. The number of nitrogens with one attached hydrogen (secondary N) is 1. The van der Waals surface area contributed by atoms with Crippen molar-refractivity contribution < 1.29 is 50.5 Å². The van der Waals surface area contributed by atoms with E-state index in [-0.39, 0.29) is 30.7 Å². The van der Waals surface area contributed by atoms with Crippen LogP contribution in [-0.2, 0) is 20.9 Å². The van der Waals surface area contributed by atoms with Crippen LogP contribution in [0.15, 0.2) is 78.9 Å². The zero-order valence-electron chi connectivity index (χ0n) is 15.8. The first-order valence-corrected chi connectivity index (χ1v) is 22.1. The number of fused-ring (bicyclic) bond motifs is 3. The number of hydrogen-bond acceptors (Lipinski definition) is 1. The SMILES string of the molecule is C[SiH](C)[Hf+2]([NH]C(=O)c1ccccc1)[CH]1c2ccccc2-c2ccccc21.[Cl-].[Cl-]. The summed E-state index contributed by atoms with van der Waals surface area (Å²) in [6.45, 7) is 4.83. The first-order chi connectivity index (χ1) is 12.7. The van der Waals surface area contributed by atoms with Gasteiger partial charge in [-0.2, -0.15) is 0 Å². The van der Waals surface area contributed by atoms with Gasteiger partial charge in [-0.25, -0.2) is 0 Å². The Bertz CT molecular complexity index is 907. The Morgan fingerprint density at radius 2 is 1.25 bits per heavy atom. The molecule has 3 aromatic carbocycles. The van der Waals surface area contributed by atoms with Gasteiger partial charge in [-0.3, -0.25) is 0 Å². The smallest absolute Gasteiger partial charge is 1.00 e. The number of carbonyl (C=O) groups excluding carboxylic acids is 1. The summed E-state index contributed by atoms with van der Waals surface area (Å²) in [4.78, 5) is 12.9. The Balaban J connectivity index is 0.00000140. The van der Waals surface area contributed by atoms with Gasteiger partial charge >= 0.3 is 164 Å². The van der Waals surface area contributed by atoms with E-state index in [4.69, 9.17) is 0 Å². The van der Waals surface area contributed by atoms with E-state index in [2.05, 4.69) is 64.9 Å². The summed E-state index contributed by atoms with van der Waals surface area (Å²) >= 11 is -2.43. The Kier molecular flexibility index (Phi) is 8.26. The fourth-order valence-electron chi connectivity index (χ4n) is 3.83. The summed E-state index contributed by atoms with van der Waals surface area (Å²) in [5.74, 6) is -0.834. The predicted molar refractivity (Wildman–Crippen MR) is 107 cm³/mol. The zero-order valence-corrected chi connectivity index (χ0v) is 22.1. The number of hydrogen-bond donors (Lipinski definition) is 1. The molecule has 0 atom stereocenters. The molecule has 0 spiro atoms. The van der Waals surface area contributed by atoms with Crippen molar-refractivity contribution in [1.29, 1.82) is 0 Å². The molecule has 28 heavy (non-hydrogen) atoms. The number of benzene rings is 3. The molecule has 2 nitrogen and oxygen atoms in total. The van der Waals surface area contributed by atoms with Crippen molar-refractivity contribution in [1.82, 2.24) is 3.30 Å². The van der Waals surface area contributed by atoms with Gasteiger partial charge in [0.05, 0.1) is 0 Å². The van der Waals surface area contributed by atoms with E-state index in [9.17, 15) is 4.79 Å². The molecular weight excluding hydrogens is 572 g/mol. The molecule has 0 aliphatic heterocycles. The molecule has 0 aromatic heterocycles. The Morgan fingerprint density at radius 3 is 1.75 bits per heavy atom. The summed E-state index contributed by atoms with van der Waals surface area (Å²) in [7, 11) is 0. The van der Waals surface area contributed by atoms with E-state index in [0.29, 0.717) is 3.67 Å². The summed E-state index contributed by atoms with van der Waals surface area (Å²) in [5, 5.41) is 0. The van der Waals surface area contributed by atoms with Gasteiger partial charge in [-0.1, -0.05) is 0 Å². The molecule has 0 unspecified atom stereocenters. The quantitative estimate of drug-likeness (QED) is 0.375. The second-order valence-corrected chi connectivity index (χ2v) is 33.1. The summed E-state index contributed by atoms with van der Waals surface area (Å²) in [6, 6.07) is 27.2. The number of amides is 1. The van der Waals surface area contributed by atoms with Gasteiger partial charge in [0.15, 0.2) is 0 Å². The van der Waals surface area contributed by atoms with Crippen LogP contribution in [-0.4, -0.2) is 11.9 Å². The van der Waals surface area contributed by atoms with Crippen LogP contribution in [0.1, 0.15) is 25.2 Å². The van der Waals surface area contributed by atoms with E-state index < -0.39 is 26.9 Å². The summed E-state index contributed by atoms with van der Waals surface area (Å²) in [6.07, 6.45) is 0. The second kappa shape index (κ2) is 10.0. The predicted octanol–water partition coefficient (Wildman–Crippen LogP) is -1.29. The van der Waals surface area contributed by atoms with Crippen LogP contribution >= 0.6 is 0 Å². The number of halogens is 2. The van der Waals surface area contributed by atoms with E-state index in [1.165, 1.54) is 22.3 Å². The van der Waals surface area contributed by atoms with Gasteiger partial charge in [0.2, 0.25) is 0 Å². The van der Waals surface area contributed by atoms with Crippen molar-refractivity contribution in [3.05, 3.63) is 95.6 Å². The Hall–Kier alpha value is -1.20. The van der Waals surface area contributed by atoms with Gasteiger partial charge in [-0.15, -0.1) is 0 Å². The summed E-state index contributed by atoms with van der Waals surface area (Å²) in [5.41, 5.74) is 6.37. The average molecular weight is 594 g/mol. The van der Waals surface area contributed by atoms with Gasteiger partial charge in [0, 0.05) is 0 Å². The molecule has 0 heterocycles. The van der Waals surface area contributed by atoms with Crippen LogP contribution in [0.4, 0.5) is 0 Å². The molecule has 4 rings (SSSR count). The van der Waals surface area contributed by atoms with Crippen molar-refractivity contribution in [3.8, 4) is 11.1 Å². The maximum Gasteiger partial charge on any atom is -1.00 e. The molecule has 0 fully saturated rings. The summed E-state index contributed by atoms with van der Waals surface area (Å²) < 4.78 is 4.04. The first-order valence-electron chi connectivity index (χ1n) is 9.08. The van der Waals surface area contributed by atoms with Gasteiger partial charge in [0.1, 0.15) is 0 Å². The molecule has 1 N–H and O–H groups in total. The molecule has 3 aromatic rings. The van der Waals surface area contributed by atoms with Crippen LogP contribution < -0.4 is 28.1 Å². The third-order valence-electron chi connectivity index (χ3n) is 5.06. The largest absolute Gasteiger partial charge is 1.00 e. The van der Waals surface area contributed by atoms with Crippen molar-refractivity contribution in [2.45, 2.75) is 16.8 Å². The maximum atomic E-state index is 12.9. The van der Waals surface area contributed by atoms with Crippen molar-refractivity contribution in [3.63, 3.8) is 0 Å². The maximum absolute atomic E-state index is 12.9. The average Bonchev–Trinajstić information content (AvgIpc) is 3.01. The molecule has 1 amide bonds. The van der Waals surface area contributed by atoms with E-state index in [1.807, 2.05) is 30.3 Å². The van der Waals surface area contributed by atoms with Crippen LogP contribution in [0, 0.1) is 0 Å². The number of carbonyl (C=O) groups is 1. The fraction of sp³-hybridized carbons (Fsp3) is 0.136. The Labute approximate surface area is 188 Å². The van der Waals surface area contributed by atoms with Crippen LogP contribution in [0.25, 0.3) is 11.1 Å². The fourth-order valence-corrected chi connectivity index (χ4v) is 25.3. The minimum absolute atomic E-state index is 0. The molecular formula is C22H22Cl2HfNOSi. The molecule has 1 aliphatic rings. The molecule has 1 aliphatic carbocycles. The molecule has 0 radical (unpaired) electrons. The first kappa shape index (κ1) is 23.1. The molecule has 0 bridgehead atoms. The topological polar surface area (TPSA) is 29.1 Å². The normalized spacial score (nSPS) is 11.7. The minimum atomic E-state index is -2.43.